The molecule has 1 N–H and O–H groups in total. The fourth-order valence-electron chi connectivity index (χ4n) is 3.21. The lowest BCUT2D eigenvalue weighted by atomic mass is 9.76. The van der Waals surface area contributed by atoms with Crippen LogP contribution in [0.3, 0.4) is 0 Å². The average molecular weight is 234 g/mol. The van der Waals surface area contributed by atoms with E-state index in [-0.39, 0.29) is 12.6 Å². The molecule has 4 unspecified atom stereocenters. The van der Waals surface area contributed by atoms with Crippen molar-refractivity contribution in [1.29, 1.82) is 0 Å². The highest BCUT2D eigenvalue weighted by Gasteiger charge is 2.36. The summed E-state index contributed by atoms with van der Waals surface area (Å²) < 4.78 is 24.8. The monoisotopic (exact) mass is 234 g/mol. The van der Waals surface area contributed by atoms with Crippen LogP contribution in [-0.2, 0) is 0 Å². The van der Waals surface area contributed by atoms with Crippen LogP contribution in [-0.4, -0.2) is 44.0 Å². The molecule has 0 radical (unpaired) electrons. The van der Waals surface area contributed by atoms with E-state index in [2.05, 4.69) is 19.2 Å². The van der Waals surface area contributed by atoms with E-state index in [0.29, 0.717) is 17.9 Å². The molecule has 1 rings (SSSR count). The van der Waals surface area contributed by atoms with Crippen molar-refractivity contribution in [1.82, 2.24) is 10.2 Å². The van der Waals surface area contributed by atoms with Crippen LogP contribution in [0, 0.1) is 11.8 Å². The molecule has 1 aliphatic rings. The van der Waals surface area contributed by atoms with Gasteiger partial charge in [-0.3, -0.25) is 4.90 Å². The largest absolute Gasteiger partial charge is 0.315 e. The summed E-state index contributed by atoms with van der Waals surface area (Å²) in [6, 6.07) is 0.567. The third-order valence-corrected chi connectivity index (χ3v) is 3.73. The van der Waals surface area contributed by atoms with Gasteiger partial charge in [0.2, 0.25) is 0 Å². The SMILES string of the molecule is CNC1CC(C)CC(C)C1N(C)CC(F)F. The average Bonchev–Trinajstić information content (AvgIpc) is 2.14. The van der Waals surface area contributed by atoms with E-state index in [1.807, 2.05) is 19.0 Å². The summed E-state index contributed by atoms with van der Waals surface area (Å²) in [6.07, 6.45) is -0.0238. The van der Waals surface area contributed by atoms with Crippen LogP contribution < -0.4 is 5.32 Å². The minimum Gasteiger partial charge on any atom is -0.315 e. The third-order valence-electron chi connectivity index (χ3n) is 3.73. The summed E-state index contributed by atoms with van der Waals surface area (Å²) in [5.74, 6) is 1.16. The van der Waals surface area contributed by atoms with Gasteiger partial charge in [-0.1, -0.05) is 13.8 Å². The Balaban J connectivity index is 2.66. The zero-order valence-electron chi connectivity index (χ0n) is 10.7. The maximum absolute atomic E-state index is 12.4. The van der Waals surface area contributed by atoms with Crippen LogP contribution in [0.5, 0.6) is 0 Å². The Bertz CT molecular complexity index is 211. The Morgan fingerprint density at radius 2 is 1.94 bits per heavy atom. The Labute approximate surface area is 97.4 Å². The van der Waals surface area contributed by atoms with Gasteiger partial charge in [0.15, 0.2) is 0 Å². The first kappa shape index (κ1) is 13.8. The summed E-state index contributed by atoms with van der Waals surface area (Å²) in [5.41, 5.74) is 0. The lowest BCUT2D eigenvalue weighted by molar-refractivity contribution is 0.0311. The highest BCUT2D eigenvalue weighted by Crippen LogP contribution is 2.31. The van der Waals surface area contributed by atoms with Gasteiger partial charge < -0.3 is 5.32 Å². The molecule has 1 fully saturated rings. The van der Waals surface area contributed by atoms with Crippen LogP contribution in [0.25, 0.3) is 0 Å². The molecule has 0 bridgehead atoms. The first-order valence-electron chi connectivity index (χ1n) is 6.11. The van der Waals surface area contributed by atoms with Gasteiger partial charge in [-0.15, -0.1) is 0 Å². The van der Waals surface area contributed by atoms with Crippen molar-refractivity contribution in [3.05, 3.63) is 0 Å². The smallest absolute Gasteiger partial charge is 0.251 e. The second-order valence-corrected chi connectivity index (χ2v) is 5.27. The molecule has 96 valence electrons. The molecule has 0 amide bonds. The molecule has 0 spiro atoms. The van der Waals surface area contributed by atoms with E-state index in [0.717, 1.165) is 12.8 Å². The second kappa shape index (κ2) is 5.92. The van der Waals surface area contributed by atoms with E-state index >= 15 is 0 Å². The molecular formula is C12H24F2N2. The summed E-state index contributed by atoms with van der Waals surface area (Å²) >= 11 is 0. The predicted molar refractivity (Wildman–Crippen MR) is 62.8 cm³/mol. The standard InChI is InChI=1S/C12H24F2N2/c1-8-5-9(2)12(10(6-8)15-3)16(4)7-11(13)14/h8-12,15H,5-7H2,1-4H3. The van der Waals surface area contributed by atoms with Crippen LogP contribution >= 0.6 is 0 Å². The summed E-state index contributed by atoms with van der Waals surface area (Å²) in [6.45, 7) is 4.29. The third kappa shape index (κ3) is 3.39. The van der Waals surface area contributed by atoms with E-state index in [4.69, 9.17) is 0 Å². The normalized spacial score (nSPS) is 36.0. The Morgan fingerprint density at radius 1 is 1.31 bits per heavy atom. The first-order valence-corrected chi connectivity index (χ1v) is 6.11. The van der Waals surface area contributed by atoms with Gasteiger partial charge in [-0.2, -0.15) is 0 Å². The molecule has 0 aromatic carbocycles. The Kier molecular flexibility index (Phi) is 5.12. The minimum atomic E-state index is -2.24. The summed E-state index contributed by atoms with van der Waals surface area (Å²) in [5, 5.41) is 3.28. The molecule has 0 aliphatic heterocycles. The molecule has 4 heteroatoms. The van der Waals surface area contributed by atoms with Gasteiger partial charge in [0.05, 0.1) is 6.54 Å². The predicted octanol–water partition coefficient (Wildman–Crippen LogP) is 2.21. The van der Waals surface area contributed by atoms with Crippen molar-refractivity contribution >= 4 is 0 Å². The molecule has 1 saturated carbocycles. The summed E-state index contributed by atoms with van der Waals surface area (Å²) in [4.78, 5) is 1.82. The van der Waals surface area contributed by atoms with Crippen LogP contribution in [0.4, 0.5) is 8.78 Å². The number of nitrogens with zero attached hydrogens (tertiary/aromatic N) is 1. The van der Waals surface area contributed by atoms with Gasteiger partial charge in [0.25, 0.3) is 6.43 Å². The number of likely N-dealkylation sites (N-methyl/N-ethyl adjacent to an activating group) is 2. The molecule has 4 atom stereocenters. The molecule has 0 heterocycles. The van der Waals surface area contributed by atoms with Gasteiger partial charge in [-0.25, -0.2) is 8.78 Å². The molecule has 0 aromatic heterocycles. The van der Waals surface area contributed by atoms with Crippen LogP contribution in [0.15, 0.2) is 0 Å². The van der Waals surface area contributed by atoms with E-state index in [1.165, 1.54) is 0 Å². The number of nitrogens with one attached hydrogen (secondary N) is 1. The van der Waals surface area contributed by atoms with Crippen molar-refractivity contribution in [3.63, 3.8) is 0 Å². The zero-order valence-corrected chi connectivity index (χ0v) is 10.7. The van der Waals surface area contributed by atoms with Crippen molar-refractivity contribution in [2.45, 2.75) is 45.2 Å². The Morgan fingerprint density at radius 3 is 2.44 bits per heavy atom. The quantitative estimate of drug-likeness (QED) is 0.802. The topological polar surface area (TPSA) is 15.3 Å². The minimum absolute atomic E-state index is 0.123. The molecule has 0 aromatic rings. The van der Waals surface area contributed by atoms with Crippen molar-refractivity contribution in [2.24, 2.45) is 11.8 Å². The number of alkyl halides is 2. The van der Waals surface area contributed by atoms with Gasteiger partial charge in [-0.05, 0) is 38.8 Å². The molecular weight excluding hydrogens is 210 g/mol. The molecule has 1 aliphatic carbocycles. The van der Waals surface area contributed by atoms with Gasteiger partial charge in [0, 0.05) is 12.1 Å². The highest BCUT2D eigenvalue weighted by atomic mass is 19.3. The second-order valence-electron chi connectivity index (χ2n) is 5.27. The maximum Gasteiger partial charge on any atom is 0.251 e. The van der Waals surface area contributed by atoms with Crippen molar-refractivity contribution in [3.8, 4) is 0 Å². The summed E-state index contributed by atoms with van der Waals surface area (Å²) in [7, 11) is 3.74. The van der Waals surface area contributed by atoms with Crippen LogP contribution in [0.1, 0.15) is 26.7 Å². The number of hydrogen-bond donors (Lipinski definition) is 1. The fourth-order valence-corrected chi connectivity index (χ4v) is 3.21. The van der Waals surface area contributed by atoms with Gasteiger partial charge in [0.1, 0.15) is 0 Å². The lowest BCUT2D eigenvalue weighted by Crippen LogP contribution is -2.55. The Hall–Kier alpha value is -0.220. The van der Waals surface area contributed by atoms with E-state index < -0.39 is 6.43 Å². The van der Waals surface area contributed by atoms with E-state index in [1.54, 1.807) is 0 Å². The highest BCUT2D eigenvalue weighted by molar-refractivity contribution is 4.92. The zero-order chi connectivity index (χ0) is 12.3. The fraction of sp³-hybridized carbons (Fsp3) is 1.00. The van der Waals surface area contributed by atoms with Gasteiger partial charge >= 0.3 is 0 Å². The van der Waals surface area contributed by atoms with E-state index in [9.17, 15) is 8.78 Å². The van der Waals surface area contributed by atoms with Crippen LogP contribution in [0.2, 0.25) is 0 Å². The maximum atomic E-state index is 12.4. The first-order chi connectivity index (χ1) is 7.45. The number of hydrogen-bond acceptors (Lipinski definition) is 2. The van der Waals surface area contributed by atoms with Crippen molar-refractivity contribution in [2.75, 3.05) is 20.6 Å². The number of halogens is 2. The molecule has 16 heavy (non-hydrogen) atoms. The van der Waals surface area contributed by atoms with Crippen molar-refractivity contribution < 1.29 is 8.78 Å². The molecule has 2 nitrogen and oxygen atoms in total. The lowest BCUT2D eigenvalue weighted by Gasteiger charge is -2.44. The number of rotatable bonds is 4. The molecule has 0 saturated heterocycles.